The third kappa shape index (κ3) is 4.96. The van der Waals surface area contributed by atoms with Crippen molar-refractivity contribution >= 4 is 5.91 Å². The van der Waals surface area contributed by atoms with Gasteiger partial charge in [0.25, 0.3) is 0 Å². The van der Waals surface area contributed by atoms with Gasteiger partial charge in [-0.3, -0.25) is 4.79 Å². The lowest BCUT2D eigenvalue weighted by Crippen LogP contribution is -2.23. The minimum Gasteiger partial charge on any atom is -0.497 e. The van der Waals surface area contributed by atoms with Crippen molar-refractivity contribution in [2.24, 2.45) is 0 Å². The Bertz CT molecular complexity index is 958. The summed E-state index contributed by atoms with van der Waals surface area (Å²) < 4.78 is 12.5. The van der Waals surface area contributed by atoms with Gasteiger partial charge in [-0.1, -0.05) is 18.2 Å². The molecule has 6 nitrogen and oxygen atoms in total. The Morgan fingerprint density at radius 3 is 2.31 bits per heavy atom. The fraction of sp³-hybridized carbons (Fsp3) is 0.304. The second-order valence-corrected chi connectivity index (χ2v) is 6.89. The summed E-state index contributed by atoms with van der Waals surface area (Å²) in [7, 11) is 3.23. The monoisotopic (exact) mass is 393 g/mol. The number of aryl methyl sites for hydroxylation is 2. The zero-order chi connectivity index (χ0) is 20.8. The molecule has 0 spiro atoms. The van der Waals surface area contributed by atoms with Gasteiger partial charge in [0.05, 0.1) is 25.6 Å². The summed E-state index contributed by atoms with van der Waals surface area (Å²) in [5.41, 5.74) is 5.01. The first-order valence-corrected chi connectivity index (χ1v) is 9.61. The summed E-state index contributed by atoms with van der Waals surface area (Å²) in [6, 6.07) is 15.7. The number of rotatable bonds is 8. The van der Waals surface area contributed by atoms with E-state index < -0.39 is 0 Å². The Balaban J connectivity index is 1.61. The van der Waals surface area contributed by atoms with E-state index in [9.17, 15) is 4.79 Å². The Morgan fingerprint density at radius 1 is 1.03 bits per heavy atom. The Labute approximate surface area is 171 Å². The van der Waals surface area contributed by atoms with Gasteiger partial charge in [0.2, 0.25) is 5.91 Å². The molecule has 0 saturated heterocycles. The highest BCUT2D eigenvalue weighted by Crippen LogP contribution is 2.23. The van der Waals surface area contributed by atoms with Crippen LogP contribution in [0.5, 0.6) is 11.5 Å². The van der Waals surface area contributed by atoms with Gasteiger partial charge in [-0.2, -0.15) is 5.10 Å². The minimum absolute atomic E-state index is 0.00181. The number of aromatic nitrogens is 2. The maximum absolute atomic E-state index is 12.4. The molecule has 0 bridgehead atoms. The molecule has 0 saturated carbocycles. The van der Waals surface area contributed by atoms with Gasteiger partial charge < -0.3 is 14.8 Å². The maximum Gasteiger partial charge on any atom is 0.220 e. The SMILES string of the molecule is COc1cc(CCC(=O)NCc2c(C)nn(-c3ccccc3)c2C)cc(OC)c1. The Morgan fingerprint density at radius 2 is 1.69 bits per heavy atom. The van der Waals surface area contributed by atoms with Crippen LogP contribution in [0.25, 0.3) is 5.69 Å². The molecule has 1 heterocycles. The molecule has 0 aliphatic rings. The quantitative estimate of drug-likeness (QED) is 0.633. The number of hydrogen-bond donors (Lipinski definition) is 1. The second-order valence-electron chi connectivity index (χ2n) is 6.89. The van der Waals surface area contributed by atoms with E-state index in [2.05, 4.69) is 10.4 Å². The number of amides is 1. The topological polar surface area (TPSA) is 65.4 Å². The predicted molar refractivity (Wildman–Crippen MR) is 113 cm³/mol. The summed E-state index contributed by atoms with van der Waals surface area (Å²) in [6.07, 6.45) is 1.00. The van der Waals surface area contributed by atoms with E-state index in [1.807, 2.05) is 67.1 Å². The third-order valence-electron chi connectivity index (χ3n) is 4.96. The summed E-state index contributed by atoms with van der Waals surface area (Å²) >= 11 is 0. The first kappa shape index (κ1) is 20.5. The third-order valence-corrected chi connectivity index (χ3v) is 4.96. The number of carbonyl (C=O) groups excluding carboxylic acids is 1. The molecular formula is C23H27N3O3. The molecule has 152 valence electrons. The number of benzene rings is 2. The van der Waals surface area contributed by atoms with Crippen molar-refractivity contribution in [3.05, 3.63) is 71.0 Å². The lowest BCUT2D eigenvalue weighted by Gasteiger charge is -2.09. The number of ether oxygens (including phenoxy) is 2. The largest absolute Gasteiger partial charge is 0.497 e. The Hall–Kier alpha value is -3.28. The molecule has 0 unspecified atom stereocenters. The van der Waals surface area contributed by atoms with Gasteiger partial charge in [0, 0.05) is 30.3 Å². The first-order valence-electron chi connectivity index (χ1n) is 9.61. The number of nitrogens with zero attached hydrogens (tertiary/aromatic N) is 2. The maximum atomic E-state index is 12.4. The summed E-state index contributed by atoms with van der Waals surface area (Å²) in [5.74, 6) is 1.44. The Kier molecular flexibility index (Phi) is 6.54. The predicted octanol–water partition coefficient (Wildman–Crippen LogP) is 3.76. The molecule has 29 heavy (non-hydrogen) atoms. The molecule has 0 radical (unpaired) electrons. The van der Waals surface area contributed by atoms with Crippen LogP contribution in [0.3, 0.4) is 0 Å². The van der Waals surface area contributed by atoms with E-state index >= 15 is 0 Å². The summed E-state index contributed by atoms with van der Waals surface area (Å²) in [5, 5.41) is 7.65. The normalized spacial score (nSPS) is 10.6. The van der Waals surface area contributed by atoms with Crippen molar-refractivity contribution in [3.8, 4) is 17.2 Å². The number of hydrogen-bond acceptors (Lipinski definition) is 4. The number of para-hydroxylation sites is 1. The molecule has 0 fully saturated rings. The van der Waals surface area contributed by atoms with Gasteiger partial charge in [-0.15, -0.1) is 0 Å². The van der Waals surface area contributed by atoms with Crippen LogP contribution in [0.2, 0.25) is 0 Å². The first-order chi connectivity index (χ1) is 14.0. The van der Waals surface area contributed by atoms with Crippen LogP contribution >= 0.6 is 0 Å². The van der Waals surface area contributed by atoms with E-state index in [4.69, 9.17) is 9.47 Å². The van der Waals surface area contributed by atoms with Crippen molar-refractivity contribution < 1.29 is 14.3 Å². The zero-order valence-electron chi connectivity index (χ0n) is 17.4. The number of carbonyl (C=O) groups is 1. The van der Waals surface area contributed by atoms with Crippen molar-refractivity contribution in [2.75, 3.05) is 14.2 Å². The van der Waals surface area contributed by atoms with Crippen LogP contribution in [0.4, 0.5) is 0 Å². The lowest BCUT2D eigenvalue weighted by atomic mass is 10.1. The highest BCUT2D eigenvalue weighted by atomic mass is 16.5. The summed E-state index contributed by atoms with van der Waals surface area (Å²) in [6.45, 7) is 4.46. The van der Waals surface area contributed by atoms with E-state index in [1.165, 1.54) is 0 Å². The van der Waals surface area contributed by atoms with Crippen LogP contribution in [-0.4, -0.2) is 29.9 Å². The van der Waals surface area contributed by atoms with E-state index in [0.717, 1.165) is 39.7 Å². The van der Waals surface area contributed by atoms with Crippen molar-refractivity contribution in [3.63, 3.8) is 0 Å². The molecule has 0 aliphatic carbocycles. The molecule has 3 rings (SSSR count). The van der Waals surface area contributed by atoms with Crippen LogP contribution < -0.4 is 14.8 Å². The van der Waals surface area contributed by atoms with Gasteiger partial charge >= 0.3 is 0 Å². The fourth-order valence-electron chi connectivity index (χ4n) is 3.30. The van der Waals surface area contributed by atoms with E-state index in [0.29, 0.717) is 19.4 Å². The van der Waals surface area contributed by atoms with E-state index in [-0.39, 0.29) is 5.91 Å². The minimum atomic E-state index is -0.00181. The molecule has 6 heteroatoms. The zero-order valence-corrected chi connectivity index (χ0v) is 17.4. The van der Waals surface area contributed by atoms with Gasteiger partial charge in [0.15, 0.2) is 0 Å². The lowest BCUT2D eigenvalue weighted by molar-refractivity contribution is -0.121. The van der Waals surface area contributed by atoms with Gasteiger partial charge in [0.1, 0.15) is 11.5 Å². The molecule has 1 N–H and O–H groups in total. The molecule has 1 amide bonds. The van der Waals surface area contributed by atoms with Gasteiger partial charge in [-0.05, 0) is 50.1 Å². The summed E-state index contributed by atoms with van der Waals surface area (Å²) in [4.78, 5) is 12.4. The highest BCUT2D eigenvalue weighted by molar-refractivity contribution is 5.76. The number of nitrogens with one attached hydrogen (secondary N) is 1. The van der Waals surface area contributed by atoms with E-state index in [1.54, 1.807) is 14.2 Å². The van der Waals surface area contributed by atoms with Crippen LogP contribution in [0.15, 0.2) is 48.5 Å². The fourth-order valence-corrected chi connectivity index (χ4v) is 3.30. The average molecular weight is 393 g/mol. The van der Waals surface area contributed by atoms with Crippen molar-refractivity contribution in [2.45, 2.75) is 33.2 Å². The molecule has 0 atom stereocenters. The highest BCUT2D eigenvalue weighted by Gasteiger charge is 2.14. The molecule has 0 aliphatic heterocycles. The van der Waals surface area contributed by atoms with Gasteiger partial charge in [-0.25, -0.2) is 4.68 Å². The van der Waals surface area contributed by atoms with Crippen molar-refractivity contribution in [1.82, 2.24) is 15.1 Å². The second kappa shape index (κ2) is 9.28. The van der Waals surface area contributed by atoms with Crippen molar-refractivity contribution in [1.29, 1.82) is 0 Å². The number of methoxy groups -OCH3 is 2. The molecule has 3 aromatic rings. The molecular weight excluding hydrogens is 366 g/mol. The smallest absolute Gasteiger partial charge is 0.220 e. The average Bonchev–Trinajstić information content (AvgIpc) is 3.04. The molecule has 1 aromatic heterocycles. The van der Waals surface area contributed by atoms with Crippen LogP contribution in [0, 0.1) is 13.8 Å². The van der Waals surface area contributed by atoms with Crippen LogP contribution in [0.1, 0.15) is 28.9 Å². The standard InChI is InChI=1S/C23H27N3O3/c1-16-22(17(2)26(25-16)19-8-6-5-7-9-19)15-24-23(27)11-10-18-12-20(28-3)14-21(13-18)29-4/h5-9,12-14H,10-11,15H2,1-4H3,(H,24,27). The molecule has 2 aromatic carbocycles. The van der Waals surface area contributed by atoms with Crippen LogP contribution in [-0.2, 0) is 17.8 Å².